The van der Waals surface area contributed by atoms with Crippen LogP contribution in [-0.2, 0) is 0 Å². The number of benzene rings is 1. The first-order chi connectivity index (χ1) is 6.83. The van der Waals surface area contributed by atoms with Gasteiger partial charge in [-0.1, -0.05) is 23.5 Å². The fourth-order valence-corrected chi connectivity index (χ4v) is 2.15. The predicted molar refractivity (Wildman–Crippen MR) is 56.6 cm³/mol. The molecule has 4 heteroatoms. The molecule has 0 bridgehead atoms. The van der Waals surface area contributed by atoms with E-state index in [9.17, 15) is 4.79 Å². The van der Waals surface area contributed by atoms with Gasteiger partial charge in [0.15, 0.2) is 5.65 Å². The summed E-state index contributed by atoms with van der Waals surface area (Å²) in [6.07, 6.45) is 0. The van der Waals surface area contributed by atoms with Gasteiger partial charge in [-0.2, -0.15) is 0 Å². The molecule has 3 aromatic rings. The molecule has 1 radical (unpaired) electrons. The smallest absolute Gasteiger partial charge is 0.297 e. The number of nitrogens with zero attached hydrogens (tertiary/aromatic N) is 1. The number of fused-ring (bicyclic) bond motifs is 2. The van der Waals surface area contributed by atoms with Crippen LogP contribution in [-0.4, -0.2) is 9.97 Å². The number of nitrogens with one attached hydrogen (secondary N) is 1. The summed E-state index contributed by atoms with van der Waals surface area (Å²) in [7, 11) is 0. The summed E-state index contributed by atoms with van der Waals surface area (Å²) in [5.74, 6) is 0. The molecule has 0 aliphatic heterocycles. The third-order valence-electron chi connectivity index (χ3n) is 2.05. The molecule has 0 aliphatic carbocycles. The van der Waals surface area contributed by atoms with E-state index in [1.54, 1.807) is 0 Å². The van der Waals surface area contributed by atoms with E-state index in [0.29, 0.717) is 5.65 Å². The SMILES string of the molecule is O=c1[nH]c2nc3c[c]ccc3cc2s1. The largest absolute Gasteiger partial charge is 0.306 e. The van der Waals surface area contributed by atoms with Crippen molar-refractivity contribution in [1.29, 1.82) is 0 Å². The van der Waals surface area contributed by atoms with Gasteiger partial charge in [-0.3, -0.25) is 9.78 Å². The summed E-state index contributed by atoms with van der Waals surface area (Å²) in [6, 6.07) is 10.5. The number of rotatable bonds is 0. The Balaban J connectivity index is 2.57. The first kappa shape index (κ1) is 7.70. The zero-order chi connectivity index (χ0) is 9.54. The minimum absolute atomic E-state index is 0.0632. The van der Waals surface area contributed by atoms with Gasteiger partial charge in [0.2, 0.25) is 0 Å². The Kier molecular flexibility index (Phi) is 1.46. The predicted octanol–water partition coefficient (Wildman–Crippen LogP) is 1.94. The van der Waals surface area contributed by atoms with Gasteiger partial charge in [0.05, 0.1) is 10.2 Å². The minimum atomic E-state index is -0.0632. The first-order valence-corrected chi connectivity index (χ1v) is 4.94. The van der Waals surface area contributed by atoms with Crippen molar-refractivity contribution in [2.45, 2.75) is 0 Å². The summed E-state index contributed by atoms with van der Waals surface area (Å²) in [4.78, 5) is 18.0. The van der Waals surface area contributed by atoms with E-state index < -0.39 is 0 Å². The molecular formula is C10H5N2OS. The average Bonchev–Trinajstić information content (AvgIpc) is 2.53. The second kappa shape index (κ2) is 2.65. The van der Waals surface area contributed by atoms with E-state index in [1.165, 1.54) is 11.3 Å². The lowest BCUT2D eigenvalue weighted by atomic mass is 10.2. The van der Waals surface area contributed by atoms with Gasteiger partial charge in [0.25, 0.3) is 0 Å². The summed E-state index contributed by atoms with van der Waals surface area (Å²) in [5, 5.41) is 1.03. The van der Waals surface area contributed by atoms with Crippen molar-refractivity contribution in [2.75, 3.05) is 0 Å². The highest BCUT2D eigenvalue weighted by atomic mass is 32.1. The molecule has 3 rings (SSSR count). The maximum atomic E-state index is 11.1. The molecule has 1 aromatic carbocycles. The Labute approximate surface area is 83.0 Å². The molecule has 2 heterocycles. The van der Waals surface area contributed by atoms with Gasteiger partial charge in [0.1, 0.15) is 0 Å². The summed E-state index contributed by atoms with van der Waals surface area (Å²) >= 11 is 1.18. The Morgan fingerprint density at radius 2 is 2.43 bits per heavy atom. The second-order valence-electron chi connectivity index (χ2n) is 2.97. The van der Waals surface area contributed by atoms with Crippen molar-refractivity contribution >= 4 is 32.6 Å². The van der Waals surface area contributed by atoms with Crippen molar-refractivity contribution in [1.82, 2.24) is 9.97 Å². The van der Waals surface area contributed by atoms with Crippen LogP contribution in [0, 0.1) is 6.07 Å². The lowest BCUT2D eigenvalue weighted by Crippen LogP contribution is -1.90. The van der Waals surface area contributed by atoms with Crippen LogP contribution in [0.3, 0.4) is 0 Å². The van der Waals surface area contributed by atoms with E-state index in [4.69, 9.17) is 0 Å². The summed E-state index contributed by atoms with van der Waals surface area (Å²) < 4.78 is 0.897. The highest BCUT2D eigenvalue weighted by molar-refractivity contribution is 7.16. The van der Waals surface area contributed by atoms with Crippen molar-refractivity contribution in [3.8, 4) is 0 Å². The van der Waals surface area contributed by atoms with E-state index in [1.807, 2.05) is 24.3 Å². The molecule has 3 nitrogen and oxygen atoms in total. The normalized spacial score (nSPS) is 11.1. The third-order valence-corrected chi connectivity index (χ3v) is 2.87. The maximum Gasteiger partial charge on any atom is 0.306 e. The highest BCUT2D eigenvalue weighted by Gasteiger charge is 2.02. The lowest BCUT2D eigenvalue weighted by Gasteiger charge is -1.94. The summed E-state index contributed by atoms with van der Waals surface area (Å²) in [5.41, 5.74) is 1.51. The molecule has 0 amide bonds. The monoisotopic (exact) mass is 201 g/mol. The highest BCUT2D eigenvalue weighted by Crippen LogP contribution is 2.18. The van der Waals surface area contributed by atoms with E-state index in [0.717, 1.165) is 15.6 Å². The average molecular weight is 201 g/mol. The number of hydrogen-bond donors (Lipinski definition) is 1. The van der Waals surface area contributed by atoms with Crippen LogP contribution in [0.25, 0.3) is 21.3 Å². The number of aromatic amines is 1. The van der Waals surface area contributed by atoms with Crippen LogP contribution in [0.15, 0.2) is 29.1 Å². The maximum absolute atomic E-state index is 11.1. The molecule has 67 valence electrons. The second-order valence-corrected chi connectivity index (χ2v) is 3.98. The van der Waals surface area contributed by atoms with Crippen LogP contribution in [0.4, 0.5) is 0 Å². The lowest BCUT2D eigenvalue weighted by molar-refractivity contribution is 1.33. The van der Waals surface area contributed by atoms with Crippen LogP contribution in [0.2, 0.25) is 0 Å². The molecule has 0 saturated heterocycles. The van der Waals surface area contributed by atoms with E-state index in [2.05, 4.69) is 16.0 Å². The molecule has 1 N–H and O–H groups in total. The molecule has 2 aromatic heterocycles. The molecule has 0 fully saturated rings. The molecule has 0 spiro atoms. The standard InChI is InChI=1S/C10H5N2OS/c13-10-12-9-8(14-10)5-6-3-1-2-4-7(6)11-9/h1,3-5H,(H,11,12,13). The molecule has 14 heavy (non-hydrogen) atoms. The van der Waals surface area contributed by atoms with Crippen molar-refractivity contribution in [3.63, 3.8) is 0 Å². The van der Waals surface area contributed by atoms with Crippen LogP contribution >= 0.6 is 11.3 Å². The van der Waals surface area contributed by atoms with Crippen molar-refractivity contribution < 1.29 is 0 Å². The molecule has 0 aliphatic rings. The topological polar surface area (TPSA) is 45.8 Å². The van der Waals surface area contributed by atoms with Crippen molar-refractivity contribution in [2.24, 2.45) is 0 Å². The Morgan fingerprint density at radius 3 is 3.36 bits per heavy atom. The van der Waals surface area contributed by atoms with Crippen LogP contribution in [0.1, 0.15) is 0 Å². The first-order valence-electron chi connectivity index (χ1n) is 4.12. The third kappa shape index (κ3) is 1.04. The molecule has 0 unspecified atom stereocenters. The van der Waals surface area contributed by atoms with Gasteiger partial charge in [-0.25, -0.2) is 4.98 Å². The minimum Gasteiger partial charge on any atom is -0.297 e. The zero-order valence-corrected chi connectivity index (χ0v) is 7.89. The molecule has 0 atom stereocenters. The molecule has 0 saturated carbocycles. The number of H-pyrrole nitrogens is 1. The van der Waals surface area contributed by atoms with E-state index in [-0.39, 0.29) is 4.87 Å². The molecular weight excluding hydrogens is 196 g/mol. The van der Waals surface area contributed by atoms with E-state index >= 15 is 0 Å². The van der Waals surface area contributed by atoms with Gasteiger partial charge in [-0.05, 0) is 18.2 Å². The zero-order valence-electron chi connectivity index (χ0n) is 7.07. The van der Waals surface area contributed by atoms with Crippen LogP contribution in [0.5, 0.6) is 0 Å². The number of pyridine rings is 1. The fourth-order valence-electron chi connectivity index (χ4n) is 1.43. The Hall–Kier alpha value is -1.68. The van der Waals surface area contributed by atoms with Gasteiger partial charge >= 0.3 is 4.87 Å². The fraction of sp³-hybridized carbons (Fsp3) is 0. The Morgan fingerprint density at radius 1 is 1.50 bits per heavy atom. The van der Waals surface area contributed by atoms with Gasteiger partial charge in [0, 0.05) is 5.39 Å². The number of thiazole rings is 1. The number of aromatic nitrogens is 2. The van der Waals surface area contributed by atoms with Gasteiger partial charge < -0.3 is 0 Å². The quantitative estimate of drug-likeness (QED) is 0.604. The number of hydrogen-bond acceptors (Lipinski definition) is 3. The Bertz CT molecular complexity index is 613. The van der Waals surface area contributed by atoms with Crippen LogP contribution < -0.4 is 4.87 Å². The summed E-state index contributed by atoms with van der Waals surface area (Å²) in [6.45, 7) is 0. The van der Waals surface area contributed by atoms with Gasteiger partial charge in [-0.15, -0.1) is 0 Å². The van der Waals surface area contributed by atoms with Crippen molar-refractivity contribution in [3.05, 3.63) is 40.0 Å².